The number of ketones is 1. The largest absolute Gasteiger partial charge is 0.455 e. The number of amides is 2. The molecule has 1 heterocycles. The van der Waals surface area contributed by atoms with Crippen molar-refractivity contribution in [2.75, 3.05) is 47.0 Å². The van der Waals surface area contributed by atoms with Gasteiger partial charge in [-0.3, -0.25) is 19.2 Å². The molecule has 11 atom stereocenters. The molecule has 2 aromatic carbocycles. The van der Waals surface area contributed by atoms with E-state index in [4.69, 9.17) is 37.9 Å². The average Bonchev–Trinajstić information content (AvgIpc) is 0.668. The number of nitrogens with zero attached hydrogens (tertiary/aromatic N) is 1. The number of hydrogen-bond donors (Lipinski definition) is 3. The van der Waals surface area contributed by atoms with Crippen LogP contribution < -0.4 is 10.6 Å². The Balaban J connectivity index is 1.18. The van der Waals surface area contributed by atoms with Crippen molar-refractivity contribution in [2.45, 2.75) is 360 Å². The van der Waals surface area contributed by atoms with Crippen LogP contribution in [0.15, 0.2) is 71.8 Å². The Labute approximate surface area is 637 Å². The first kappa shape index (κ1) is 89.2. The van der Waals surface area contributed by atoms with E-state index in [2.05, 4.69) is 29.4 Å². The fourth-order valence-corrected chi connectivity index (χ4v) is 17.1. The molecule has 6 rings (SSSR count). The van der Waals surface area contributed by atoms with Gasteiger partial charge in [0.15, 0.2) is 11.4 Å². The number of methoxy groups -OCH3 is 2. The standard InChI is InChI=1S/C87H139N3O16/c1-13-15-17-19-21-23-25-27-29-31-33-35-37-39-41-49-58-90(59-50-42-40-38-36-34-32-30-28-26-24-22-20-18-16-14-2)60-57-88-71(92)55-56-72(93)103-76(74(66-51-45-43-46-52-66)89-82(97)106-83(5,6)7)81(96)102-68-62-87(98)79(104-80(95)67-53-47-44-48-54-67)77-85(10,78(94)75(100-12)73(64(68)3)84(87,8)9)69(99-11)61-70-86(77,63-101-70)105-65(4)91/h43-48,51-54,68-70,74-77,79,98H,13-42,49-50,55-63H2,1-12H3,(H,88,92)(H,89,97)/t68-,69-,70+,74-,75+,76+,77-,79-,85+,86-,87+/m0/s1. The summed E-state index contributed by atoms with van der Waals surface area (Å²) in [7, 11) is 2.80. The maximum atomic E-state index is 16.1. The molecule has 2 amide bonds. The zero-order valence-corrected chi connectivity index (χ0v) is 67.4. The summed E-state index contributed by atoms with van der Waals surface area (Å²) in [4.78, 5) is 105. The van der Waals surface area contributed by atoms with Crippen LogP contribution >= 0.6 is 0 Å². The highest BCUT2D eigenvalue weighted by Gasteiger charge is 2.78. The first-order valence-corrected chi connectivity index (χ1v) is 41.4. The summed E-state index contributed by atoms with van der Waals surface area (Å²) in [5, 5.41) is 20.1. The van der Waals surface area contributed by atoms with Gasteiger partial charge in [0, 0.05) is 58.9 Å². The van der Waals surface area contributed by atoms with Crippen LogP contribution in [0.3, 0.4) is 0 Å². The number of rotatable bonds is 51. The van der Waals surface area contributed by atoms with Gasteiger partial charge >= 0.3 is 30.0 Å². The predicted octanol–water partition coefficient (Wildman–Crippen LogP) is 17.8. The average molecular weight is 1480 g/mol. The molecule has 0 unspecified atom stereocenters. The van der Waals surface area contributed by atoms with E-state index in [1.165, 1.54) is 214 Å². The molecule has 4 aliphatic rings. The molecule has 0 aromatic heterocycles. The predicted molar refractivity (Wildman–Crippen MR) is 415 cm³/mol. The number of carbonyl (C=O) groups excluding carboxylic acids is 7. The molecule has 598 valence electrons. The fourth-order valence-electron chi connectivity index (χ4n) is 17.1. The third-order valence-corrected chi connectivity index (χ3v) is 23.2. The molecule has 2 aromatic rings. The van der Waals surface area contributed by atoms with E-state index in [-0.39, 0.29) is 36.5 Å². The summed E-state index contributed by atoms with van der Waals surface area (Å²) in [5.41, 5.74) is -7.34. The van der Waals surface area contributed by atoms with Crippen LogP contribution in [0.2, 0.25) is 0 Å². The lowest BCUT2D eigenvalue weighted by Crippen LogP contribution is -2.82. The van der Waals surface area contributed by atoms with Gasteiger partial charge in [-0.05, 0) is 89.4 Å². The van der Waals surface area contributed by atoms with Gasteiger partial charge in [-0.15, -0.1) is 0 Å². The molecule has 0 radical (unpaired) electrons. The lowest BCUT2D eigenvalue weighted by molar-refractivity contribution is -0.347. The smallest absolute Gasteiger partial charge is 0.408 e. The summed E-state index contributed by atoms with van der Waals surface area (Å²) >= 11 is 0. The van der Waals surface area contributed by atoms with Crippen LogP contribution in [0.25, 0.3) is 0 Å². The van der Waals surface area contributed by atoms with Gasteiger partial charge in [-0.1, -0.05) is 269 Å². The lowest BCUT2D eigenvalue weighted by Gasteiger charge is -2.67. The van der Waals surface area contributed by atoms with Gasteiger partial charge in [0.05, 0.1) is 36.0 Å². The second-order valence-electron chi connectivity index (χ2n) is 32.8. The number of ether oxygens (including phenoxy) is 8. The molecule has 2 bridgehead atoms. The zero-order chi connectivity index (χ0) is 77.2. The summed E-state index contributed by atoms with van der Waals surface area (Å²) in [6, 6.07) is 15.0. The maximum Gasteiger partial charge on any atom is 0.408 e. The molecule has 3 aliphatic carbocycles. The molecule has 2 saturated carbocycles. The minimum Gasteiger partial charge on any atom is -0.455 e. The molecule has 1 aliphatic heterocycles. The van der Waals surface area contributed by atoms with E-state index < -0.39 is 125 Å². The zero-order valence-electron chi connectivity index (χ0n) is 67.4. The summed E-state index contributed by atoms with van der Waals surface area (Å²) < 4.78 is 50.1. The summed E-state index contributed by atoms with van der Waals surface area (Å²) in [6.45, 7) is 20.2. The van der Waals surface area contributed by atoms with Gasteiger partial charge in [-0.2, -0.15) is 0 Å². The Morgan fingerprint density at radius 2 is 1.12 bits per heavy atom. The van der Waals surface area contributed by atoms with Gasteiger partial charge in [0.1, 0.15) is 41.7 Å². The Bertz CT molecular complexity index is 2970. The fraction of sp³-hybridized carbons (Fsp3) is 0.759. The number of nitrogens with one attached hydrogen (secondary N) is 2. The SMILES string of the molecule is CCCCCCCCCCCCCCCCCCN(CCCCCCCCCCCCCCCCCC)CCNC(=O)CCC(=O)O[C@@H](C(=O)O[C@H]1C[C@@]2(O)[C@@H](OC(=O)c3ccccc3)[C@@H]3[C@]4(OC(C)=O)CO[C@@H]4C[C@H](OC)[C@@]3(C)C(=O)[C@H](OC)C(=C1C)C2(C)C)[C@@H](NC(=O)OC(C)(C)C)c1ccccc1. The van der Waals surface area contributed by atoms with Gasteiger partial charge in [0.2, 0.25) is 12.0 Å². The van der Waals surface area contributed by atoms with Crippen LogP contribution in [0.4, 0.5) is 4.79 Å². The van der Waals surface area contributed by atoms with Gasteiger partial charge in [-0.25, -0.2) is 14.4 Å². The first-order chi connectivity index (χ1) is 50.8. The maximum absolute atomic E-state index is 16.1. The molecule has 19 heteroatoms. The second kappa shape index (κ2) is 45.4. The molecule has 3 N–H and O–H groups in total. The minimum atomic E-state index is -2.33. The second-order valence-corrected chi connectivity index (χ2v) is 32.8. The summed E-state index contributed by atoms with van der Waals surface area (Å²) in [5.74, 6) is -6.01. The molecule has 3 fully saturated rings. The molecule has 0 spiro atoms. The van der Waals surface area contributed by atoms with Crippen molar-refractivity contribution in [1.82, 2.24) is 15.5 Å². The highest BCUT2D eigenvalue weighted by Crippen LogP contribution is 2.65. The number of fused-ring (bicyclic) bond motifs is 5. The molecule has 19 nitrogen and oxygen atoms in total. The highest BCUT2D eigenvalue weighted by atomic mass is 16.6. The quantitative estimate of drug-likeness (QED) is 0.0241. The minimum absolute atomic E-state index is 0.0845. The van der Waals surface area contributed by atoms with E-state index in [0.29, 0.717) is 24.2 Å². The van der Waals surface area contributed by atoms with E-state index >= 15 is 9.59 Å². The molecular weight excluding hydrogens is 1340 g/mol. The van der Waals surface area contributed by atoms with Crippen molar-refractivity contribution in [3.63, 3.8) is 0 Å². The van der Waals surface area contributed by atoms with Crippen LogP contribution in [-0.2, 0) is 61.9 Å². The number of esters is 4. The van der Waals surface area contributed by atoms with Crippen molar-refractivity contribution in [2.24, 2.45) is 16.7 Å². The topological polar surface area (TPSA) is 241 Å². The number of aliphatic hydroxyl groups is 1. The first-order valence-electron chi connectivity index (χ1n) is 41.4. The highest BCUT2D eigenvalue weighted by molar-refractivity contribution is 5.94. The molecule has 106 heavy (non-hydrogen) atoms. The number of carbonyl (C=O) groups is 7. The van der Waals surface area contributed by atoms with Crippen molar-refractivity contribution in [3.8, 4) is 0 Å². The normalized spacial score (nSPS) is 23.8. The lowest BCUT2D eigenvalue weighted by atomic mass is 9.44. The number of Topliss-reactive ketones (excluding diaryl/α,β-unsaturated/α-hetero) is 1. The number of unbranched alkanes of at least 4 members (excludes halogenated alkanes) is 30. The van der Waals surface area contributed by atoms with Crippen molar-refractivity contribution in [1.29, 1.82) is 0 Å². The molecule has 1 saturated heterocycles. The van der Waals surface area contributed by atoms with Crippen molar-refractivity contribution < 1.29 is 76.6 Å². The van der Waals surface area contributed by atoms with Crippen LogP contribution in [0, 0.1) is 16.7 Å². The number of hydrogen-bond acceptors (Lipinski definition) is 17. The van der Waals surface area contributed by atoms with E-state index in [9.17, 15) is 29.1 Å². The van der Waals surface area contributed by atoms with Crippen LogP contribution in [-0.4, -0.2) is 152 Å². The Kier molecular flexibility index (Phi) is 38.2. The summed E-state index contributed by atoms with van der Waals surface area (Å²) in [6.07, 6.45) is 31.3. The Morgan fingerprint density at radius 3 is 1.57 bits per heavy atom. The van der Waals surface area contributed by atoms with Crippen molar-refractivity contribution >= 4 is 41.7 Å². The Morgan fingerprint density at radius 1 is 0.642 bits per heavy atom. The monoisotopic (exact) mass is 1480 g/mol. The van der Waals surface area contributed by atoms with Gasteiger partial charge in [0.25, 0.3) is 0 Å². The van der Waals surface area contributed by atoms with Crippen molar-refractivity contribution in [3.05, 3.63) is 82.9 Å². The van der Waals surface area contributed by atoms with Crippen LogP contribution in [0.1, 0.15) is 322 Å². The van der Waals surface area contributed by atoms with E-state index in [1.54, 1.807) is 109 Å². The third-order valence-electron chi connectivity index (χ3n) is 23.2. The molecular formula is C87H139N3O16. The van der Waals surface area contributed by atoms with E-state index in [0.717, 1.165) is 25.9 Å². The van der Waals surface area contributed by atoms with Crippen LogP contribution in [0.5, 0.6) is 0 Å². The Hall–Kier alpha value is -5.73. The number of benzene rings is 2. The number of alkyl carbamates (subject to hydrolysis) is 1. The van der Waals surface area contributed by atoms with E-state index in [1.807, 2.05) is 0 Å². The third kappa shape index (κ3) is 26.0. The van der Waals surface area contributed by atoms with Gasteiger partial charge < -0.3 is 58.5 Å².